The first-order valence-electron chi connectivity index (χ1n) is 16.6. The summed E-state index contributed by atoms with van der Waals surface area (Å²) in [5.74, 6) is 0. The van der Waals surface area contributed by atoms with Gasteiger partial charge in [0, 0.05) is 48.9 Å². The van der Waals surface area contributed by atoms with Crippen molar-refractivity contribution in [3.63, 3.8) is 0 Å². The zero-order valence-electron chi connectivity index (χ0n) is 26.0. The fourth-order valence-corrected chi connectivity index (χ4v) is 8.43. The summed E-state index contributed by atoms with van der Waals surface area (Å²) < 4.78 is 2.44. The average molecular weight is 609 g/mol. The van der Waals surface area contributed by atoms with E-state index < -0.39 is 0 Å². The van der Waals surface area contributed by atoms with E-state index in [9.17, 15) is 0 Å². The van der Waals surface area contributed by atoms with E-state index in [-0.39, 0.29) is 0 Å². The Bertz CT molecular complexity index is 3100. The molecule has 2 aromatic heterocycles. The first kappa shape index (κ1) is 25.8. The van der Waals surface area contributed by atoms with Crippen molar-refractivity contribution in [3.8, 4) is 16.8 Å². The van der Waals surface area contributed by atoms with Gasteiger partial charge in [-0.05, 0) is 74.5 Å². The maximum Gasteiger partial charge on any atom is 0.0619 e. The van der Waals surface area contributed by atoms with Gasteiger partial charge in [0.15, 0.2) is 0 Å². The molecule has 0 saturated carbocycles. The van der Waals surface area contributed by atoms with Crippen molar-refractivity contribution in [2.24, 2.45) is 0 Å². The van der Waals surface area contributed by atoms with E-state index in [1.807, 2.05) is 0 Å². The van der Waals surface area contributed by atoms with Crippen LogP contribution >= 0.6 is 0 Å². The van der Waals surface area contributed by atoms with Crippen molar-refractivity contribution < 1.29 is 0 Å². The first-order chi connectivity index (χ1) is 23.8. The number of hydrogen-bond donors (Lipinski definition) is 1. The molecule has 0 amide bonds. The molecule has 11 aromatic rings. The Morgan fingerprint density at radius 2 is 1.08 bits per heavy atom. The van der Waals surface area contributed by atoms with Crippen LogP contribution in [0.15, 0.2) is 164 Å². The number of para-hydroxylation sites is 2. The molecule has 0 spiro atoms. The second kappa shape index (κ2) is 9.57. The van der Waals surface area contributed by atoms with Crippen LogP contribution in [0, 0.1) is 0 Å². The summed E-state index contributed by atoms with van der Waals surface area (Å²) in [6.07, 6.45) is 0. The zero-order chi connectivity index (χ0) is 31.3. The molecule has 0 unspecified atom stereocenters. The molecule has 2 nitrogen and oxygen atoms in total. The van der Waals surface area contributed by atoms with Gasteiger partial charge < -0.3 is 9.55 Å². The number of aromatic amines is 1. The Morgan fingerprint density at radius 1 is 0.396 bits per heavy atom. The Labute approximate surface area is 276 Å². The highest BCUT2D eigenvalue weighted by Crippen LogP contribution is 2.46. The third kappa shape index (κ3) is 3.41. The third-order valence-corrected chi connectivity index (χ3v) is 10.5. The summed E-state index contributed by atoms with van der Waals surface area (Å²) in [6.45, 7) is 0. The van der Waals surface area contributed by atoms with Crippen LogP contribution in [-0.4, -0.2) is 9.55 Å². The molecule has 0 fully saturated rings. The van der Waals surface area contributed by atoms with Gasteiger partial charge in [-0.2, -0.15) is 0 Å². The van der Waals surface area contributed by atoms with E-state index in [1.54, 1.807) is 0 Å². The summed E-state index contributed by atoms with van der Waals surface area (Å²) in [5.41, 5.74) is 8.50. The van der Waals surface area contributed by atoms with E-state index in [0.29, 0.717) is 0 Å². The van der Waals surface area contributed by atoms with Crippen LogP contribution < -0.4 is 0 Å². The van der Waals surface area contributed by atoms with Crippen molar-refractivity contribution in [2.75, 3.05) is 0 Å². The van der Waals surface area contributed by atoms with Gasteiger partial charge in [-0.3, -0.25) is 0 Å². The fourth-order valence-electron chi connectivity index (χ4n) is 8.43. The fraction of sp³-hybridized carbons (Fsp3) is 0. The van der Waals surface area contributed by atoms with Gasteiger partial charge >= 0.3 is 0 Å². The minimum Gasteiger partial charge on any atom is -0.354 e. The van der Waals surface area contributed by atoms with Crippen molar-refractivity contribution >= 4 is 86.7 Å². The van der Waals surface area contributed by atoms with E-state index >= 15 is 0 Å². The molecule has 0 aliphatic heterocycles. The summed E-state index contributed by atoms with van der Waals surface area (Å²) in [4.78, 5) is 3.79. The molecule has 11 rings (SSSR count). The molecule has 2 heteroatoms. The minimum absolute atomic E-state index is 1.17. The van der Waals surface area contributed by atoms with Gasteiger partial charge in [-0.25, -0.2) is 0 Å². The summed E-state index contributed by atoms with van der Waals surface area (Å²) >= 11 is 0. The Morgan fingerprint density at radius 3 is 1.94 bits per heavy atom. The predicted octanol–water partition coefficient (Wildman–Crippen LogP) is 12.7. The molecule has 2 heterocycles. The van der Waals surface area contributed by atoms with Crippen LogP contribution in [0.4, 0.5) is 0 Å². The molecule has 0 radical (unpaired) electrons. The molecule has 0 aliphatic carbocycles. The molecule has 48 heavy (non-hydrogen) atoms. The smallest absolute Gasteiger partial charge is 0.0619 e. The number of hydrogen-bond acceptors (Lipinski definition) is 0. The molecule has 0 aliphatic rings. The lowest BCUT2D eigenvalue weighted by molar-refractivity contribution is 1.19. The summed E-state index contributed by atoms with van der Waals surface area (Å²) in [5, 5.41) is 15.3. The summed E-state index contributed by atoms with van der Waals surface area (Å²) in [7, 11) is 0. The Kier molecular flexibility index (Phi) is 5.14. The maximum atomic E-state index is 3.79. The number of rotatable bonds is 2. The molecule has 0 saturated heterocycles. The monoisotopic (exact) mass is 608 g/mol. The van der Waals surface area contributed by atoms with Crippen LogP contribution in [-0.2, 0) is 0 Å². The van der Waals surface area contributed by atoms with Crippen molar-refractivity contribution in [2.45, 2.75) is 0 Å². The van der Waals surface area contributed by atoms with Crippen LogP contribution in [0.5, 0.6) is 0 Å². The molecule has 0 atom stereocenters. The van der Waals surface area contributed by atoms with Gasteiger partial charge in [-0.15, -0.1) is 0 Å². The number of nitrogens with zero attached hydrogens (tertiary/aromatic N) is 1. The maximum absolute atomic E-state index is 3.79. The van der Waals surface area contributed by atoms with Gasteiger partial charge in [0.25, 0.3) is 0 Å². The van der Waals surface area contributed by atoms with Crippen molar-refractivity contribution in [3.05, 3.63) is 164 Å². The van der Waals surface area contributed by atoms with Crippen molar-refractivity contribution in [1.82, 2.24) is 9.55 Å². The lowest BCUT2D eigenvalue weighted by Crippen LogP contribution is -1.94. The topological polar surface area (TPSA) is 20.7 Å². The summed E-state index contributed by atoms with van der Waals surface area (Å²) in [6, 6.07) is 60.1. The standard InChI is InChI=1S/C46H28N2/c1-2-13-30(14-3-1)48-42-25-23-29(26-39(42)36-24-22-28-12-4-5-15-31(28)46(36)48)38-27-40-33-17-7-9-19-35(33)45-44(37-20-10-11-21-41(37)47-45)43(40)34-18-8-6-16-32(34)38/h1-27,47H. The van der Waals surface area contributed by atoms with Crippen LogP contribution in [0.1, 0.15) is 0 Å². The predicted molar refractivity (Wildman–Crippen MR) is 206 cm³/mol. The Hall–Kier alpha value is -6.38. The number of H-pyrrole nitrogens is 1. The zero-order valence-corrected chi connectivity index (χ0v) is 26.0. The highest BCUT2D eigenvalue weighted by Gasteiger charge is 2.20. The molecular formula is C46H28N2. The average Bonchev–Trinajstić information content (AvgIpc) is 3.71. The molecule has 0 bridgehead atoms. The molecule has 9 aromatic carbocycles. The third-order valence-electron chi connectivity index (χ3n) is 10.5. The van der Waals surface area contributed by atoms with E-state index in [0.717, 1.165) is 0 Å². The van der Waals surface area contributed by atoms with Crippen LogP contribution in [0.25, 0.3) is 104 Å². The number of nitrogens with one attached hydrogen (secondary N) is 1. The number of aromatic nitrogens is 2. The molecular weight excluding hydrogens is 581 g/mol. The van der Waals surface area contributed by atoms with E-state index in [2.05, 4.69) is 173 Å². The lowest BCUT2D eigenvalue weighted by atomic mass is 9.88. The van der Waals surface area contributed by atoms with Gasteiger partial charge in [0.05, 0.1) is 16.6 Å². The van der Waals surface area contributed by atoms with Crippen molar-refractivity contribution in [1.29, 1.82) is 0 Å². The SMILES string of the molecule is c1ccc(-n2c3ccc(-c4cc5c6ccccc6c6[nH]c7ccccc7c6c5c5ccccc45)cc3c3ccc4ccccc4c32)cc1. The van der Waals surface area contributed by atoms with E-state index in [4.69, 9.17) is 0 Å². The van der Waals surface area contributed by atoms with E-state index in [1.165, 1.54) is 104 Å². The second-order valence-corrected chi connectivity index (χ2v) is 12.9. The van der Waals surface area contributed by atoms with Gasteiger partial charge in [0.1, 0.15) is 0 Å². The number of benzene rings is 9. The molecule has 222 valence electrons. The quantitative estimate of drug-likeness (QED) is 0.189. The molecule has 1 N–H and O–H groups in total. The van der Waals surface area contributed by atoms with Gasteiger partial charge in [-0.1, -0.05) is 127 Å². The minimum atomic E-state index is 1.17. The first-order valence-corrected chi connectivity index (χ1v) is 16.6. The highest BCUT2D eigenvalue weighted by atomic mass is 15.0. The second-order valence-electron chi connectivity index (χ2n) is 12.9. The number of fused-ring (bicyclic) bond motifs is 15. The highest BCUT2D eigenvalue weighted by molar-refractivity contribution is 6.37. The largest absolute Gasteiger partial charge is 0.354 e. The van der Waals surface area contributed by atoms with Crippen LogP contribution in [0.2, 0.25) is 0 Å². The normalized spacial score (nSPS) is 12.2. The Balaban J connectivity index is 1.29. The van der Waals surface area contributed by atoms with Gasteiger partial charge in [0.2, 0.25) is 0 Å². The van der Waals surface area contributed by atoms with Crippen LogP contribution in [0.3, 0.4) is 0 Å². The lowest BCUT2D eigenvalue weighted by Gasteiger charge is -2.15.